The van der Waals surface area contributed by atoms with Crippen LogP contribution in [0.3, 0.4) is 0 Å². The van der Waals surface area contributed by atoms with Gasteiger partial charge in [0.05, 0.1) is 0 Å². The summed E-state index contributed by atoms with van der Waals surface area (Å²) in [7, 11) is 0. The Morgan fingerprint density at radius 2 is 2.40 bits per heavy atom. The van der Waals surface area contributed by atoms with Crippen molar-refractivity contribution in [1.82, 2.24) is 0 Å². The van der Waals surface area contributed by atoms with E-state index in [0.717, 1.165) is 5.57 Å². The van der Waals surface area contributed by atoms with Crippen molar-refractivity contribution < 1.29 is 5.11 Å². The zero-order chi connectivity index (χ0) is 6.97. The van der Waals surface area contributed by atoms with Crippen LogP contribution in [0.1, 0.15) is 0 Å². The molecule has 0 unspecified atom stereocenters. The third-order valence-electron chi connectivity index (χ3n) is 1.49. The number of nitrogens with zero attached hydrogens (tertiary/aromatic N) is 2. The lowest BCUT2D eigenvalue weighted by atomic mass is 10.1. The number of fused-ring (bicyclic) bond motifs is 1. The van der Waals surface area contributed by atoms with Gasteiger partial charge in [0.15, 0.2) is 5.84 Å². The topological polar surface area (TPSA) is 45.0 Å². The van der Waals surface area contributed by atoms with Gasteiger partial charge in [-0.15, -0.1) is 0 Å². The summed E-state index contributed by atoms with van der Waals surface area (Å²) in [4.78, 5) is 7.88. The molecule has 0 aliphatic carbocycles. The van der Waals surface area contributed by atoms with Crippen LogP contribution in [-0.2, 0) is 0 Å². The first-order chi connectivity index (χ1) is 4.88. The molecule has 2 aliphatic rings. The molecule has 3 heteroatoms. The van der Waals surface area contributed by atoms with Crippen molar-refractivity contribution in [3.8, 4) is 0 Å². The summed E-state index contributed by atoms with van der Waals surface area (Å²) in [5.41, 5.74) is 0.794. The normalized spacial score (nSPS) is 27.9. The lowest BCUT2D eigenvalue weighted by molar-refractivity contribution is 0.264. The molecule has 1 N–H and O–H groups in total. The molecule has 10 heavy (non-hydrogen) atoms. The molecule has 50 valence electrons. The molecule has 0 amide bonds. The zero-order valence-corrected chi connectivity index (χ0v) is 5.23. The third-order valence-corrected chi connectivity index (χ3v) is 1.49. The van der Waals surface area contributed by atoms with E-state index in [1.165, 1.54) is 0 Å². The molecule has 1 atom stereocenters. The molecule has 0 saturated heterocycles. The Balaban J connectivity index is 2.45. The second-order valence-corrected chi connectivity index (χ2v) is 2.14. The van der Waals surface area contributed by atoms with Gasteiger partial charge in [0.1, 0.15) is 6.10 Å². The molecule has 2 heterocycles. The summed E-state index contributed by atoms with van der Waals surface area (Å²) >= 11 is 0. The molecule has 0 fully saturated rings. The fraction of sp³-hybridized carbons (Fsp3) is 0.143. The smallest absolute Gasteiger partial charge is 0.157 e. The number of hydrogen-bond acceptors (Lipinski definition) is 3. The predicted molar refractivity (Wildman–Crippen MR) is 39.2 cm³/mol. The van der Waals surface area contributed by atoms with Crippen LogP contribution in [0, 0.1) is 0 Å². The highest BCUT2D eigenvalue weighted by molar-refractivity contribution is 6.12. The fourth-order valence-electron chi connectivity index (χ4n) is 0.975. The Kier molecular flexibility index (Phi) is 1.05. The van der Waals surface area contributed by atoms with Crippen molar-refractivity contribution in [3.63, 3.8) is 0 Å². The number of hydrogen-bond donors (Lipinski definition) is 1. The van der Waals surface area contributed by atoms with Gasteiger partial charge in [-0.2, -0.15) is 0 Å². The highest BCUT2D eigenvalue weighted by Crippen LogP contribution is 2.15. The van der Waals surface area contributed by atoms with Crippen LogP contribution in [0.25, 0.3) is 0 Å². The van der Waals surface area contributed by atoms with Crippen LogP contribution >= 0.6 is 0 Å². The highest BCUT2D eigenvalue weighted by Gasteiger charge is 2.18. The second-order valence-electron chi connectivity index (χ2n) is 2.14. The van der Waals surface area contributed by atoms with Gasteiger partial charge in [-0.25, -0.2) is 9.98 Å². The largest absolute Gasteiger partial charge is 0.384 e. The molecule has 3 nitrogen and oxygen atoms in total. The Hall–Kier alpha value is -1.22. The summed E-state index contributed by atoms with van der Waals surface area (Å²) in [6.07, 6.45) is 6.09. The molecule has 0 radical (unpaired) electrons. The van der Waals surface area contributed by atoms with E-state index in [1.807, 2.05) is 0 Å². The standard InChI is InChI=1S/C7H6N2O/c10-6-2-4-9-7-5(6)1-3-8-7/h1-4,6,10H/t6-/m1/s1. The van der Waals surface area contributed by atoms with E-state index in [-0.39, 0.29) is 0 Å². The molecular weight excluding hydrogens is 128 g/mol. The van der Waals surface area contributed by atoms with E-state index < -0.39 is 6.10 Å². The molecule has 0 aromatic rings. The zero-order valence-electron chi connectivity index (χ0n) is 5.23. The lowest BCUT2D eigenvalue weighted by Gasteiger charge is -2.09. The number of allylic oxidation sites excluding steroid dienone is 1. The molecule has 2 rings (SSSR count). The molecular formula is C7H6N2O. The van der Waals surface area contributed by atoms with Gasteiger partial charge in [0.2, 0.25) is 0 Å². The lowest BCUT2D eigenvalue weighted by Crippen LogP contribution is -2.14. The minimum atomic E-state index is -0.519. The number of aliphatic imine (C=N–C) groups is 2. The van der Waals surface area contributed by atoms with Gasteiger partial charge >= 0.3 is 0 Å². The minimum Gasteiger partial charge on any atom is -0.384 e. The summed E-state index contributed by atoms with van der Waals surface area (Å²) in [6, 6.07) is 0. The number of aliphatic hydroxyl groups is 1. The Bertz CT molecular complexity index is 273. The quantitative estimate of drug-likeness (QED) is 0.508. The minimum absolute atomic E-state index is 0.519. The summed E-state index contributed by atoms with van der Waals surface area (Å²) in [6.45, 7) is 0. The van der Waals surface area contributed by atoms with Crippen molar-refractivity contribution in [2.75, 3.05) is 0 Å². The highest BCUT2D eigenvalue weighted by atomic mass is 16.3. The third kappa shape index (κ3) is 0.642. The molecule has 0 aromatic carbocycles. The van der Waals surface area contributed by atoms with E-state index in [9.17, 15) is 5.11 Å². The maximum absolute atomic E-state index is 9.26. The first kappa shape index (κ1) is 5.56. The van der Waals surface area contributed by atoms with Crippen LogP contribution < -0.4 is 0 Å². The monoisotopic (exact) mass is 134 g/mol. The molecule has 0 spiro atoms. The van der Waals surface area contributed by atoms with E-state index in [4.69, 9.17) is 0 Å². The number of rotatable bonds is 0. The summed E-state index contributed by atoms with van der Waals surface area (Å²) < 4.78 is 0. The first-order valence-electron chi connectivity index (χ1n) is 3.05. The SMILES string of the molecule is O[C@@H]1C=CN=C2N=CC=C21. The molecule has 0 bridgehead atoms. The van der Waals surface area contributed by atoms with Gasteiger partial charge in [-0.1, -0.05) is 0 Å². The van der Waals surface area contributed by atoms with Crippen molar-refractivity contribution in [2.45, 2.75) is 6.10 Å². The van der Waals surface area contributed by atoms with Gasteiger partial charge < -0.3 is 5.11 Å². The first-order valence-corrected chi connectivity index (χ1v) is 3.05. The Labute approximate surface area is 58.1 Å². The summed E-state index contributed by atoms with van der Waals surface area (Å²) in [5.74, 6) is 0.634. The Morgan fingerprint density at radius 3 is 3.20 bits per heavy atom. The van der Waals surface area contributed by atoms with Crippen molar-refractivity contribution in [3.05, 3.63) is 23.9 Å². The molecule has 0 aromatic heterocycles. The van der Waals surface area contributed by atoms with E-state index in [1.54, 1.807) is 24.6 Å². The van der Waals surface area contributed by atoms with E-state index in [0.29, 0.717) is 5.84 Å². The van der Waals surface area contributed by atoms with Crippen LogP contribution in [-0.4, -0.2) is 23.3 Å². The average Bonchev–Trinajstić information content (AvgIpc) is 2.36. The van der Waals surface area contributed by atoms with Gasteiger partial charge in [0.25, 0.3) is 0 Å². The van der Waals surface area contributed by atoms with Gasteiger partial charge in [0, 0.05) is 18.0 Å². The van der Waals surface area contributed by atoms with Gasteiger partial charge in [-0.3, -0.25) is 0 Å². The summed E-state index contributed by atoms with van der Waals surface area (Å²) in [5, 5.41) is 9.26. The van der Waals surface area contributed by atoms with Crippen molar-refractivity contribution in [1.29, 1.82) is 0 Å². The van der Waals surface area contributed by atoms with Gasteiger partial charge in [-0.05, 0) is 12.2 Å². The van der Waals surface area contributed by atoms with Crippen LogP contribution in [0.4, 0.5) is 0 Å². The van der Waals surface area contributed by atoms with Crippen molar-refractivity contribution >= 4 is 12.1 Å². The second kappa shape index (κ2) is 1.88. The molecule has 2 aliphatic heterocycles. The Morgan fingerprint density at radius 1 is 1.50 bits per heavy atom. The average molecular weight is 134 g/mol. The number of amidine groups is 1. The maximum atomic E-state index is 9.26. The van der Waals surface area contributed by atoms with Crippen molar-refractivity contribution in [2.24, 2.45) is 9.98 Å². The van der Waals surface area contributed by atoms with Crippen LogP contribution in [0.2, 0.25) is 0 Å². The predicted octanol–water partition coefficient (Wildman–Crippen LogP) is 0.284. The maximum Gasteiger partial charge on any atom is 0.157 e. The van der Waals surface area contributed by atoms with E-state index >= 15 is 0 Å². The fourth-order valence-corrected chi connectivity index (χ4v) is 0.975. The van der Waals surface area contributed by atoms with Crippen LogP contribution in [0.15, 0.2) is 33.9 Å². The van der Waals surface area contributed by atoms with Crippen LogP contribution in [0.5, 0.6) is 0 Å². The number of aliphatic hydroxyl groups excluding tert-OH is 1. The molecule has 0 saturated carbocycles. The van der Waals surface area contributed by atoms with E-state index in [2.05, 4.69) is 9.98 Å².